The Morgan fingerprint density at radius 2 is 1.23 bits per heavy atom. The highest BCUT2D eigenvalue weighted by Crippen LogP contribution is 2.25. The number of fused-ring (bicyclic) bond motifs is 1. The molecule has 0 saturated heterocycles. The lowest BCUT2D eigenvalue weighted by Crippen LogP contribution is -2.28. The lowest BCUT2D eigenvalue weighted by molar-refractivity contribution is -0.671. The van der Waals surface area contributed by atoms with E-state index >= 15 is 0 Å². The summed E-state index contributed by atoms with van der Waals surface area (Å²) in [5, 5.41) is 10.9. The van der Waals surface area contributed by atoms with Crippen molar-refractivity contribution in [3.05, 3.63) is 115 Å². The average molecular weight is 462 g/mol. The van der Waals surface area contributed by atoms with Gasteiger partial charge in [0.1, 0.15) is 14.1 Å². The van der Waals surface area contributed by atoms with Gasteiger partial charge in [0.25, 0.3) is 5.91 Å². The molecule has 0 radical (unpaired) electrons. The van der Waals surface area contributed by atoms with E-state index in [1.54, 1.807) is 0 Å². The predicted octanol–water partition coefficient (Wildman–Crippen LogP) is 5.23. The number of anilines is 5. The fraction of sp³-hybridized carbons (Fsp3) is 0.0690. The number of nitrogens with one attached hydrogen (secondary N) is 3. The molecule has 0 atom stereocenters. The minimum absolute atomic E-state index is 0.148. The Morgan fingerprint density at radius 1 is 0.629 bits per heavy atom. The lowest BCUT2D eigenvalue weighted by atomic mass is 10.1. The van der Waals surface area contributed by atoms with Gasteiger partial charge in [-0.1, -0.05) is 12.1 Å². The highest BCUT2D eigenvalue weighted by atomic mass is 16.1. The molecule has 3 aromatic carbocycles. The van der Waals surface area contributed by atoms with Crippen molar-refractivity contribution in [2.45, 2.75) is 0 Å². The van der Waals surface area contributed by atoms with Crippen molar-refractivity contribution in [2.24, 2.45) is 14.1 Å². The number of hydrogen-bond acceptors (Lipinski definition) is 3. The molecule has 0 aliphatic rings. The van der Waals surface area contributed by atoms with Crippen molar-refractivity contribution < 1.29 is 13.9 Å². The predicted molar refractivity (Wildman–Crippen MR) is 140 cm³/mol. The largest absolute Gasteiger partial charge is 0.355 e. The zero-order valence-corrected chi connectivity index (χ0v) is 19.7. The molecule has 6 nitrogen and oxygen atoms in total. The van der Waals surface area contributed by atoms with Gasteiger partial charge in [-0.25, -0.2) is 9.13 Å². The Kier molecular flexibility index (Phi) is 6.09. The Balaban J connectivity index is 1.23. The second kappa shape index (κ2) is 9.65. The van der Waals surface area contributed by atoms with Crippen molar-refractivity contribution in [2.75, 3.05) is 16.0 Å². The molecule has 1 amide bonds. The van der Waals surface area contributed by atoms with Crippen molar-refractivity contribution in [1.82, 2.24) is 0 Å². The normalized spacial score (nSPS) is 10.7. The van der Waals surface area contributed by atoms with E-state index in [2.05, 4.69) is 38.7 Å². The molecule has 6 heteroatoms. The van der Waals surface area contributed by atoms with Gasteiger partial charge in [0, 0.05) is 46.9 Å². The lowest BCUT2D eigenvalue weighted by Gasteiger charge is -2.11. The fourth-order valence-electron chi connectivity index (χ4n) is 3.93. The summed E-state index contributed by atoms with van der Waals surface area (Å²) in [4.78, 5) is 12.7. The van der Waals surface area contributed by atoms with E-state index in [-0.39, 0.29) is 5.91 Å². The minimum Gasteiger partial charge on any atom is -0.355 e. The number of nitrogens with zero attached hydrogens (tertiary/aromatic N) is 2. The number of aromatic nitrogens is 2. The summed E-state index contributed by atoms with van der Waals surface area (Å²) >= 11 is 0. The summed E-state index contributed by atoms with van der Waals surface area (Å²) < 4.78 is 4.08. The van der Waals surface area contributed by atoms with Gasteiger partial charge in [0.15, 0.2) is 18.6 Å². The molecule has 0 aliphatic carbocycles. The Morgan fingerprint density at radius 3 is 1.97 bits per heavy atom. The average Bonchev–Trinajstić information content (AvgIpc) is 2.89. The molecule has 172 valence electrons. The molecule has 0 unspecified atom stereocenters. The first-order valence-electron chi connectivity index (χ1n) is 11.4. The van der Waals surface area contributed by atoms with Gasteiger partial charge >= 0.3 is 0 Å². The molecular formula is C29H27N5O+2. The molecule has 0 saturated carbocycles. The number of aryl methyl sites for hydroxylation is 2. The maximum absolute atomic E-state index is 12.7. The molecule has 0 aliphatic heterocycles. The van der Waals surface area contributed by atoms with Crippen LogP contribution in [0.15, 0.2) is 110 Å². The number of carbonyl (C=O) groups is 1. The fourth-order valence-corrected chi connectivity index (χ4v) is 3.93. The van der Waals surface area contributed by atoms with Gasteiger partial charge in [0.05, 0.1) is 16.8 Å². The molecule has 0 bridgehead atoms. The highest BCUT2D eigenvalue weighted by molar-refractivity contribution is 6.04. The summed E-state index contributed by atoms with van der Waals surface area (Å²) in [6.07, 6.45) is 6.00. The van der Waals surface area contributed by atoms with Crippen LogP contribution in [0.2, 0.25) is 0 Å². The summed E-state index contributed by atoms with van der Waals surface area (Å²) in [6.45, 7) is 0. The van der Waals surface area contributed by atoms with Crippen LogP contribution in [0.4, 0.5) is 28.4 Å². The zero-order chi connectivity index (χ0) is 24.2. The molecule has 2 heterocycles. The zero-order valence-electron chi connectivity index (χ0n) is 19.7. The summed E-state index contributed by atoms with van der Waals surface area (Å²) in [5.74, 6) is -0.148. The van der Waals surface area contributed by atoms with Gasteiger partial charge in [-0.15, -0.1) is 0 Å². The molecule has 5 rings (SSSR count). The summed E-state index contributed by atoms with van der Waals surface area (Å²) in [7, 11) is 4.02. The molecular weight excluding hydrogens is 434 g/mol. The van der Waals surface area contributed by atoms with E-state index in [1.807, 2.05) is 110 Å². The van der Waals surface area contributed by atoms with E-state index in [4.69, 9.17) is 0 Å². The standard InChI is InChI=1S/C29H25N5O/c1-33-18-15-25(16-19-33)30-22-9-7-21(8-10-22)29(35)32-24-13-11-23(12-14-24)31-27-17-20-34(2)28-6-4-3-5-26(27)28/h3-20H,1-2H3,(H,32,35)/p+2. The van der Waals surface area contributed by atoms with Crippen molar-refractivity contribution >= 4 is 45.2 Å². The first-order valence-corrected chi connectivity index (χ1v) is 11.4. The Bertz CT molecular complexity index is 1480. The van der Waals surface area contributed by atoms with E-state index in [0.29, 0.717) is 5.56 Å². The van der Waals surface area contributed by atoms with Crippen LogP contribution in [0.25, 0.3) is 10.9 Å². The van der Waals surface area contributed by atoms with Crippen LogP contribution >= 0.6 is 0 Å². The number of benzene rings is 3. The number of amides is 1. The van der Waals surface area contributed by atoms with Crippen LogP contribution in [0.1, 0.15) is 10.4 Å². The third-order valence-electron chi connectivity index (χ3n) is 5.88. The molecule has 5 aromatic rings. The van der Waals surface area contributed by atoms with Crippen LogP contribution in [0.5, 0.6) is 0 Å². The Labute approximate surface area is 204 Å². The van der Waals surface area contributed by atoms with Gasteiger partial charge in [-0.2, -0.15) is 0 Å². The number of pyridine rings is 2. The second-order valence-electron chi connectivity index (χ2n) is 8.47. The van der Waals surface area contributed by atoms with Crippen LogP contribution in [-0.4, -0.2) is 5.91 Å². The highest BCUT2D eigenvalue weighted by Gasteiger charge is 2.10. The van der Waals surface area contributed by atoms with Crippen LogP contribution in [0, 0.1) is 0 Å². The van der Waals surface area contributed by atoms with Crippen molar-refractivity contribution in [3.8, 4) is 0 Å². The first kappa shape index (κ1) is 22.1. The van der Waals surface area contributed by atoms with Gasteiger partial charge in [-0.3, -0.25) is 4.79 Å². The van der Waals surface area contributed by atoms with Gasteiger partial charge in [0.2, 0.25) is 5.52 Å². The summed E-state index contributed by atoms with van der Waals surface area (Å²) in [6, 6.07) is 29.5. The first-order chi connectivity index (χ1) is 17.0. The Hall–Kier alpha value is -4.71. The van der Waals surface area contributed by atoms with E-state index in [9.17, 15) is 4.79 Å². The van der Waals surface area contributed by atoms with Crippen molar-refractivity contribution in [1.29, 1.82) is 0 Å². The van der Waals surface area contributed by atoms with Crippen LogP contribution in [0.3, 0.4) is 0 Å². The van der Waals surface area contributed by atoms with Crippen LogP contribution < -0.4 is 25.1 Å². The minimum atomic E-state index is -0.148. The van der Waals surface area contributed by atoms with Gasteiger partial charge < -0.3 is 16.0 Å². The van der Waals surface area contributed by atoms with E-state index < -0.39 is 0 Å². The molecule has 35 heavy (non-hydrogen) atoms. The number of para-hydroxylation sites is 1. The molecule has 3 N–H and O–H groups in total. The van der Waals surface area contributed by atoms with Crippen LogP contribution in [-0.2, 0) is 14.1 Å². The van der Waals surface area contributed by atoms with E-state index in [1.165, 1.54) is 0 Å². The quantitative estimate of drug-likeness (QED) is 0.304. The third-order valence-corrected chi connectivity index (χ3v) is 5.88. The number of rotatable bonds is 6. The van der Waals surface area contributed by atoms with E-state index in [0.717, 1.165) is 39.3 Å². The van der Waals surface area contributed by atoms with Crippen molar-refractivity contribution in [3.63, 3.8) is 0 Å². The second-order valence-corrected chi connectivity index (χ2v) is 8.47. The summed E-state index contributed by atoms with van der Waals surface area (Å²) in [5.41, 5.74) is 6.39. The molecule has 2 aromatic heterocycles. The van der Waals surface area contributed by atoms with Gasteiger partial charge in [-0.05, 0) is 54.6 Å². The topological polar surface area (TPSA) is 60.9 Å². The maximum Gasteiger partial charge on any atom is 0.255 e. The number of hydrogen-bond donors (Lipinski definition) is 3. The maximum atomic E-state index is 12.7. The number of carbonyl (C=O) groups excluding carboxylic acids is 1. The molecule has 0 spiro atoms. The monoisotopic (exact) mass is 461 g/mol. The third kappa shape index (κ3) is 5.12. The SMILES string of the molecule is C[n+]1ccc(Nc2ccc(C(=O)Nc3ccc(Nc4cc[n+](C)c5ccccc45)cc3)cc2)cc1. The molecule has 0 fully saturated rings. The smallest absolute Gasteiger partial charge is 0.255 e.